The molecule has 5 heteroatoms. The first-order valence-corrected chi connectivity index (χ1v) is 6.30. The van der Waals surface area contributed by atoms with Gasteiger partial charge >= 0.3 is 0 Å². The summed E-state index contributed by atoms with van der Waals surface area (Å²) in [4.78, 5) is 0. The molecule has 0 atom stereocenters. The summed E-state index contributed by atoms with van der Waals surface area (Å²) < 4.78 is 19.5. The number of halogens is 3. The number of aliphatic hydroxyl groups excluding tert-OH is 1. The second kappa shape index (κ2) is 5.69. The fourth-order valence-electron chi connectivity index (χ4n) is 1.44. The highest BCUT2D eigenvalue weighted by molar-refractivity contribution is 9.10. The van der Waals surface area contributed by atoms with Gasteiger partial charge in [0.25, 0.3) is 0 Å². The van der Waals surface area contributed by atoms with Gasteiger partial charge in [0.15, 0.2) is 0 Å². The van der Waals surface area contributed by atoms with Crippen LogP contribution >= 0.6 is 27.5 Å². The maximum Gasteiger partial charge on any atom is 0.145 e. The normalized spacial score (nSPS) is 10.4. The molecule has 2 nitrogen and oxygen atoms in total. The van der Waals surface area contributed by atoms with Gasteiger partial charge in [0.1, 0.15) is 17.3 Å². The first-order chi connectivity index (χ1) is 8.61. The quantitative estimate of drug-likeness (QED) is 0.838. The fraction of sp³-hybridized carbons (Fsp3) is 0.0769. The topological polar surface area (TPSA) is 29.5 Å². The van der Waals surface area contributed by atoms with Crippen molar-refractivity contribution >= 4 is 27.5 Å². The highest BCUT2D eigenvalue weighted by Gasteiger charge is 2.10. The van der Waals surface area contributed by atoms with E-state index in [1.165, 1.54) is 12.1 Å². The molecule has 0 aliphatic rings. The second-order valence-corrected chi connectivity index (χ2v) is 4.83. The number of hydrogen-bond acceptors (Lipinski definition) is 2. The number of ether oxygens (including phenoxy) is 1. The summed E-state index contributed by atoms with van der Waals surface area (Å²) in [7, 11) is 0. The van der Waals surface area contributed by atoms with Gasteiger partial charge in [0, 0.05) is 11.6 Å². The molecule has 0 bridgehead atoms. The molecule has 0 unspecified atom stereocenters. The second-order valence-electron chi connectivity index (χ2n) is 3.56. The van der Waals surface area contributed by atoms with Crippen molar-refractivity contribution in [2.24, 2.45) is 0 Å². The van der Waals surface area contributed by atoms with E-state index in [9.17, 15) is 9.50 Å². The lowest BCUT2D eigenvalue weighted by atomic mass is 10.2. The minimum atomic E-state index is -0.559. The highest BCUT2D eigenvalue weighted by atomic mass is 79.9. The first kappa shape index (κ1) is 13.3. The van der Waals surface area contributed by atoms with Crippen LogP contribution in [0.1, 0.15) is 5.56 Å². The van der Waals surface area contributed by atoms with Crippen LogP contribution in [0.15, 0.2) is 40.9 Å². The zero-order valence-corrected chi connectivity index (χ0v) is 11.5. The average molecular weight is 332 g/mol. The van der Waals surface area contributed by atoms with Crippen molar-refractivity contribution in [1.29, 1.82) is 0 Å². The summed E-state index contributed by atoms with van der Waals surface area (Å²) in [6.45, 7) is -0.149. The lowest BCUT2D eigenvalue weighted by Gasteiger charge is -2.11. The van der Waals surface area contributed by atoms with Crippen LogP contribution in [0.3, 0.4) is 0 Å². The molecular weight excluding hydrogens is 322 g/mol. The number of hydrogen-bond donors (Lipinski definition) is 1. The van der Waals surface area contributed by atoms with E-state index in [1.54, 1.807) is 24.3 Å². The largest absolute Gasteiger partial charge is 0.456 e. The van der Waals surface area contributed by atoms with Crippen LogP contribution in [-0.4, -0.2) is 5.11 Å². The van der Waals surface area contributed by atoms with Gasteiger partial charge in [-0.25, -0.2) is 4.39 Å². The molecule has 0 amide bonds. The maximum absolute atomic E-state index is 13.4. The minimum Gasteiger partial charge on any atom is -0.456 e. The van der Waals surface area contributed by atoms with Gasteiger partial charge < -0.3 is 9.84 Å². The Morgan fingerprint density at radius 3 is 2.67 bits per heavy atom. The molecule has 0 saturated heterocycles. The van der Waals surface area contributed by atoms with E-state index in [2.05, 4.69) is 15.9 Å². The van der Waals surface area contributed by atoms with Crippen molar-refractivity contribution < 1.29 is 14.2 Å². The van der Waals surface area contributed by atoms with Crippen LogP contribution in [0.2, 0.25) is 5.02 Å². The third-order valence-electron chi connectivity index (χ3n) is 2.34. The Hall–Kier alpha value is -1.10. The smallest absolute Gasteiger partial charge is 0.145 e. The zero-order valence-electron chi connectivity index (χ0n) is 9.16. The van der Waals surface area contributed by atoms with Crippen LogP contribution in [-0.2, 0) is 6.61 Å². The summed E-state index contributed by atoms with van der Waals surface area (Å²) in [6, 6.07) is 9.61. The Labute approximate surface area is 117 Å². The van der Waals surface area contributed by atoms with Crippen LogP contribution in [0.25, 0.3) is 0 Å². The molecule has 0 aromatic heterocycles. The molecule has 18 heavy (non-hydrogen) atoms. The van der Waals surface area contributed by atoms with E-state index in [0.717, 1.165) is 0 Å². The van der Waals surface area contributed by atoms with Crippen molar-refractivity contribution in [2.75, 3.05) is 0 Å². The monoisotopic (exact) mass is 330 g/mol. The van der Waals surface area contributed by atoms with E-state index >= 15 is 0 Å². The number of aliphatic hydroxyl groups is 1. The first-order valence-electron chi connectivity index (χ1n) is 5.13. The Balaban J connectivity index is 2.37. The lowest BCUT2D eigenvalue weighted by molar-refractivity contribution is 0.276. The van der Waals surface area contributed by atoms with Gasteiger partial charge in [0.05, 0.1) is 16.1 Å². The third-order valence-corrected chi connectivity index (χ3v) is 3.25. The Kier molecular flexibility index (Phi) is 4.22. The summed E-state index contributed by atoms with van der Waals surface area (Å²) in [6.07, 6.45) is 0. The van der Waals surface area contributed by atoms with E-state index in [0.29, 0.717) is 21.5 Å². The Bertz CT molecular complexity index is 575. The zero-order chi connectivity index (χ0) is 13.1. The molecule has 0 saturated carbocycles. The highest BCUT2D eigenvalue weighted by Crippen LogP contribution is 2.34. The summed E-state index contributed by atoms with van der Waals surface area (Å²) in [5, 5.41) is 9.20. The predicted molar refractivity (Wildman–Crippen MR) is 71.5 cm³/mol. The molecule has 0 fully saturated rings. The van der Waals surface area contributed by atoms with Gasteiger partial charge in [-0.2, -0.15) is 0 Å². The summed E-state index contributed by atoms with van der Waals surface area (Å²) in [5.74, 6) is 0.219. The van der Waals surface area contributed by atoms with Crippen molar-refractivity contribution in [2.45, 2.75) is 6.61 Å². The van der Waals surface area contributed by atoms with Crippen LogP contribution < -0.4 is 4.74 Å². The van der Waals surface area contributed by atoms with Gasteiger partial charge in [-0.05, 0) is 28.1 Å². The van der Waals surface area contributed by atoms with E-state index in [1.807, 2.05) is 0 Å². The molecule has 0 aliphatic heterocycles. The van der Waals surface area contributed by atoms with Gasteiger partial charge in [-0.3, -0.25) is 0 Å². The van der Waals surface area contributed by atoms with Crippen molar-refractivity contribution in [3.8, 4) is 11.5 Å². The lowest BCUT2D eigenvalue weighted by Crippen LogP contribution is -1.93. The van der Waals surface area contributed by atoms with Gasteiger partial charge in [-0.15, -0.1) is 0 Å². The predicted octanol–water partition coefficient (Wildman–Crippen LogP) is 4.53. The Morgan fingerprint density at radius 1 is 1.22 bits per heavy atom. The molecule has 0 spiro atoms. The SMILES string of the molecule is OCc1ccccc1Oc1cc(F)c(Cl)cc1Br. The van der Waals surface area contributed by atoms with Crippen LogP contribution in [0.5, 0.6) is 11.5 Å². The van der Waals surface area contributed by atoms with E-state index < -0.39 is 5.82 Å². The maximum atomic E-state index is 13.4. The molecule has 2 aromatic carbocycles. The molecular formula is C13H9BrClFO2. The van der Waals surface area contributed by atoms with Crippen molar-refractivity contribution in [3.63, 3.8) is 0 Å². The minimum absolute atomic E-state index is 0.0182. The summed E-state index contributed by atoms with van der Waals surface area (Å²) in [5.41, 5.74) is 0.625. The number of rotatable bonds is 3. The molecule has 2 rings (SSSR count). The van der Waals surface area contributed by atoms with Crippen molar-refractivity contribution in [1.82, 2.24) is 0 Å². The Morgan fingerprint density at radius 2 is 1.94 bits per heavy atom. The van der Waals surface area contributed by atoms with E-state index in [4.69, 9.17) is 16.3 Å². The molecule has 0 aliphatic carbocycles. The molecule has 0 radical (unpaired) electrons. The van der Waals surface area contributed by atoms with Crippen molar-refractivity contribution in [3.05, 3.63) is 57.3 Å². The van der Waals surface area contributed by atoms with Gasteiger partial charge in [0.2, 0.25) is 0 Å². The fourth-order valence-corrected chi connectivity index (χ4v) is 2.15. The van der Waals surface area contributed by atoms with Crippen LogP contribution in [0, 0.1) is 5.82 Å². The molecule has 1 N–H and O–H groups in total. The standard InChI is InChI=1S/C13H9BrClFO2/c14-9-5-10(15)11(16)6-13(9)18-12-4-2-1-3-8(12)7-17/h1-6,17H,7H2. The third kappa shape index (κ3) is 2.83. The van der Waals surface area contributed by atoms with Crippen LogP contribution in [0.4, 0.5) is 4.39 Å². The average Bonchev–Trinajstić information content (AvgIpc) is 2.36. The van der Waals surface area contributed by atoms with E-state index in [-0.39, 0.29) is 11.6 Å². The number of para-hydroxylation sites is 1. The molecule has 0 heterocycles. The molecule has 94 valence electrons. The number of benzene rings is 2. The summed E-state index contributed by atoms with van der Waals surface area (Å²) >= 11 is 8.89. The van der Waals surface area contributed by atoms with Gasteiger partial charge in [-0.1, -0.05) is 29.8 Å². The molecule has 2 aromatic rings.